The first-order chi connectivity index (χ1) is 8.11. The van der Waals surface area contributed by atoms with Gasteiger partial charge in [-0.3, -0.25) is 4.90 Å². The van der Waals surface area contributed by atoms with E-state index in [0.717, 1.165) is 30.5 Å². The molecule has 1 aliphatic rings. The minimum Gasteiger partial charge on any atom is -0.396 e. The van der Waals surface area contributed by atoms with Crippen molar-refractivity contribution in [2.45, 2.75) is 26.3 Å². The van der Waals surface area contributed by atoms with E-state index in [1.54, 1.807) is 0 Å². The zero-order valence-electron chi connectivity index (χ0n) is 10.3. The lowest BCUT2D eigenvalue weighted by molar-refractivity contribution is 0.0429. The number of halogens is 1. The maximum absolute atomic E-state index is 9.44. The van der Waals surface area contributed by atoms with Gasteiger partial charge in [-0.25, -0.2) is 0 Å². The van der Waals surface area contributed by atoms with E-state index in [2.05, 4.69) is 52.0 Å². The minimum atomic E-state index is 0.0909. The van der Waals surface area contributed by atoms with Crippen molar-refractivity contribution in [3.8, 4) is 0 Å². The van der Waals surface area contributed by atoms with Crippen LogP contribution in [0.25, 0.3) is 0 Å². The number of benzene rings is 1. The van der Waals surface area contributed by atoms with Gasteiger partial charge in [0.2, 0.25) is 0 Å². The topological polar surface area (TPSA) is 23.5 Å². The zero-order valence-corrected chi connectivity index (χ0v) is 11.9. The molecule has 1 saturated heterocycles. The molecule has 1 unspecified atom stereocenters. The van der Waals surface area contributed by atoms with Gasteiger partial charge in [0, 0.05) is 29.6 Å². The van der Waals surface area contributed by atoms with E-state index in [0.29, 0.717) is 6.61 Å². The molecule has 0 saturated carbocycles. The Kier molecular flexibility index (Phi) is 4.23. The van der Waals surface area contributed by atoms with Crippen molar-refractivity contribution in [1.82, 2.24) is 4.90 Å². The Labute approximate surface area is 112 Å². The Morgan fingerprint density at radius 2 is 2.06 bits per heavy atom. The number of hydrogen-bond acceptors (Lipinski definition) is 2. The van der Waals surface area contributed by atoms with Crippen molar-refractivity contribution in [2.24, 2.45) is 5.41 Å². The fraction of sp³-hybridized carbons (Fsp3) is 0.571. The van der Waals surface area contributed by atoms with Crippen LogP contribution in [0, 0.1) is 5.41 Å². The SMILES string of the molecule is CC1(CO)CCCN(Cc2ccc(Br)cc2)C1. The van der Waals surface area contributed by atoms with Crippen molar-refractivity contribution in [2.75, 3.05) is 19.7 Å². The Morgan fingerprint density at radius 3 is 2.71 bits per heavy atom. The molecule has 1 N–H and O–H groups in total. The Balaban J connectivity index is 1.97. The number of aliphatic hydroxyl groups is 1. The van der Waals surface area contributed by atoms with Crippen LogP contribution in [0.15, 0.2) is 28.7 Å². The largest absolute Gasteiger partial charge is 0.396 e. The lowest BCUT2D eigenvalue weighted by Crippen LogP contribution is -2.43. The van der Waals surface area contributed by atoms with E-state index in [4.69, 9.17) is 0 Å². The van der Waals surface area contributed by atoms with Gasteiger partial charge in [-0.1, -0.05) is 35.0 Å². The molecule has 0 spiro atoms. The van der Waals surface area contributed by atoms with Gasteiger partial charge in [0.25, 0.3) is 0 Å². The van der Waals surface area contributed by atoms with E-state index in [9.17, 15) is 5.11 Å². The molecular weight excluding hydrogens is 278 g/mol. The third kappa shape index (κ3) is 3.54. The number of aliphatic hydroxyl groups excluding tert-OH is 1. The second-order valence-electron chi connectivity index (χ2n) is 5.41. The second-order valence-corrected chi connectivity index (χ2v) is 6.33. The van der Waals surface area contributed by atoms with Crippen molar-refractivity contribution >= 4 is 15.9 Å². The van der Waals surface area contributed by atoms with Crippen molar-refractivity contribution in [3.05, 3.63) is 34.3 Å². The predicted octanol–water partition coefficient (Wildman–Crippen LogP) is 3.04. The first kappa shape index (κ1) is 13.1. The van der Waals surface area contributed by atoms with Gasteiger partial charge in [-0.15, -0.1) is 0 Å². The Bertz CT molecular complexity index is 365. The summed E-state index contributed by atoms with van der Waals surface area (Å²) in [6.45, 7) is 5.61. The Morgan fingerprint density at radius 1 is 1.35 bits per heavy atom. The number of rotatable bonds is 3. The molecule has 2 nitrogen and oxygen atoms in total. The highest BCUT2D eigenvalue weighted by Crippen LogP contribution is 2.29. The monoisotopic (exact) mass is 297 g/mol. The zero-order chi connectivity index (χ0) is 12.3. The molecule has 17 heavy (non-hydrogen) atoms. The number of likely N-dealkylation sites (tertiary alicyclic amines) is 1. The van der Waals surface area contributed by atoms with Crippen molar-refractivity contribution in [3.63, 3.8) is 0 Å². The highest BCUT2D eigenvalue weighted by molar-refractivity contribution is 9.10. The van der Waals surface area contributed by atoms with Crippen LogP contribution >= 0.6 is 15.9 Å². The molecule has 1 heterocycles. The lowest BCUT2D eigenvalue weighted by atomic mass is 9.82. The van der Waals surface area contributed by atoms with Crippen LogP contribution < -0.4 is 0 Å². The standard InChI is InChI=1S/C14H20BrNO/c1-14(11-17)7-2-8-16(10-14)9-12-3-5-13(15)6-4-12/h3-6,17H,2,7-11H2,1H3. The average Bonchev–Trinajstić information content (AvgIpc) is 2.32. The van der Waals surface area contributed by atoms with E-state index < -0.39 is 0 Å². The van der Waals surface area contributed by atoms with E-state index in [1.807, 2.05) is 0 Å². The van der Waals surface area contributed by atoms with Crippen LogP contribution in [0.1, 0.15) is 25.3 Å². The molecule has 0 aliphatic carbocycles. The molecule has 1 atom stereocenters. The van der Waals surface area contributed by atoms with E-state index >= 15 is 0 Å². The second kappa shape index (κ2) is 5.51. The van der Waals surface area contributed by atoms with Crippen LogP contribution in [0.2, 0.25) is 0 Å². The fourth-order valence-electron chi connectivity index (χ4n) is 2.54. The summed E-state index contributed by atoms with van der Waals surface area (Å²) < 4.78 is 1.13. The normalized spacial score (nSPS) is 26.1. The van der Waals surface area contributed by atoms with Gasteiger partial charge in [-0.2, -0.15) is 0 Å². The molecular formula is C14H20BrNO. The van der Waals surface area contributed by atoms with Gasteiger partial charge in [0.1, 0.15) is 0 Å². The third-order valence-corrected chi connectivity index (χ3v) is 4.09. The van der Waals surface area contributed by atoms with Gasteiger partial charge < -0.3 is 5.11 Å². The molecule has 1 fully saturated rings. The number of hydrogen-bond donors (Lipinski definition) is 1. The summed E-state index contributed by atoms with van der Waals surface area (Å²) in [4.78, 5) is 2.45. The predicted molar refractivity (Wildman–Crippen MR) is 73.8 cm³/mol. The maximum atomic E-state index is 9.44. The third-order valence-electron chi connectivity index (χ3n) is 3.56. The molecule has 0 bridgehead atoms. The van der Waals surface area contributed by atoms with Gasteiger partial charge in [0.15, 0.2) is 0 Å². The van der Waals surface area contributed by atoms with Crippen LogP contribution in [0.3, 0.4) is 0 Å². The van der Waals surface area contributed by atoms with Gasteiger partial charge >= 0.3 is 0 Å². The summed E-state index contributed by atoms with van der Waals surface area (Å²) in [5, 5.41) is 9.44. The van der Waals surface area contributed by atoms with Crippen molar-refractivity contribution in [1.29, 1.82) is 0 Å². The highest BCUT2D eigenvalue weighted by atomic mass is 79.9. The van der Waals surface area contributed by atoms with Crippen LogP contribution in [0.5, 0.6) is 0 Å². The average molecular weight is 298 g/mol. The number of piperidine rings is 1. The summed E-state index contributed by atoms with van der Waals surface area (Å²) in [5.74, 6) is 0. The molecule has 1 aromatic carbocycles. The van der Waals surface area contributed by atoms with Crippen LogP contribution in [0.4, 0.5) is 0 Å². The lowest BCUT2D eigenvalue weighted by Gasteiger charge is -2.39. The smallest absolute Gasteiger partial charge is 0.0497 e. The summed E-state index contributed by atoms with van der Waals surface area (Å²) in [7, 11) is 0. The van der Waals surface area contributed by atoms with E-state index in [-0.39, 0.29) is 5.41 Å². The van der Waals surface area contributed by atoms with Gasteiger partial charge in [-0.05, 0) is 37.1 Å². The summed E-state index contributed by atoms with van der Waals surface area (Å²) in [5.41, 5.74) is 1.43. The van der Waals surface area contributed by atoms with Crippen LogP contribution in [-0.4, -0.2) is 29.7 Å². The molecule has 1 aromatic rings. The minimum absolute atomic E-state index is 0.0909. The first-order valence-electron chi connectivity index (χ1n) is 6.19. The van der Waals surface area contributed by atoms with E-state index in [1.165, 1.54) is 12.0 Å². The van der Waals surface area contributed by atoms with Gasteiger partial charge in [0.05, 0.1) is 0 Å². The molecule has 0 amide bonds. The van der Waals surface area contributed by atoms with Crippen LogP contribution in [-0.2, 0) is 6.54 Å². The molecule has 0 aromatic heterocycles. The quantitative estimate of drug-likeness (QED) is 0.927. The number of nitrogens with zero attached hydrogens (tertiary/aromatic N) is 1. The molecule has 1 aliphatic heterocycles. The molecule has 2 rings (SSSR count). The maximum Gasteiger partial charge on any atom is 0.0497 e. The highest BCUT2D eigenvalue weighted by Gasteiger charge is 2.30. The Hall–Kier alpha value is -0.380. The van der Waals surface area contributed by atoms with Crippen molar-refractivity contribution < 1.29 is 5.11 Å². The molecule has 0 radical (unpaired) electrons. The first-order valence-corrected chi connectivity index (χ1v) is 6.98. The summed E-state index contributed by atoms with van der Waals surface area (Å²) >= 11 is 3.45. The summed E-state index contributed by atoms with van der Waals surface area (Å²) in [6.07, 6.45) is 2.33. The fourth-order valence-corrected chi connectivity index (χ4v) is 2.80. The molecule has 94 valence electrons. The molecule has 3 heteroatoms. The summed E-state index contributed by atoms with van der Waals surface area (Å²) in [6, 6.07) is 8.50.